The third-order valence-electron chi connectivity index (χ3n) is 2.09. The minimum atomic E-state index is -1.83. The monoisotopic (exact) mass is 278 g/mol. The molecule has 4 N–H and O–H groups in total. The van der Waals surface area contributed by atoms with E-state index in [9.17, 15) is 19.2 Å². The van der Waals surface area contributed by atoms with Crippen LogP contribution in [0, 0.1) is 0 Å². The van der Waals surface area contributed by atoms with Gasteiger partial charge in [-0.2, -0.15) is 0 Å². The molecule has 0 amide bonds. The number of aromatic carboxylic acids is 4. The van der Waals surface area contributed by atoms with Gasteiger partial charge in [0.1, 0.15) is 0 Å². The molecule has 9 heteroatoms. The Bertz CT molecular complexity index is 532. The molecule has 0 saturated heterocycles. The van der Waals surface area contributed by atoms with Gasteiger partial charge in [-0.1, -0.05) is 0 Å². The van der Waals surface area contributed by atoms with E-state index in [0.717, 1.165) is 12.1 Å². The third-order valence-corrected chi connectivity index (χ3v) is 2.09. The summed E-state index contributed by atoms with van der Waals surface area (Å²) in [6.07, 6.45) is 0. The molecule has 0 fully saturated rings. The SMILES string of the molecule is O=C(O)c1ccc(C(=O)O)c(C(=O)O)c1C(=O)O.[H-].[Na+]. The van der Waals surface area contributed by atoms with Crippen molar-refractivity contribution in [2.24, 2.45) is 0 Å². The fourth-order valence-electron chi connectivity index (χ4n) is 1.40. The van der Waals surface area contributed by atoms with Gasteiger partial charge >= 0.3 is 53.4 Å². The molecule has 1 aromatic carbocycles. The quantitative estimate of drug-likeness (QED) is 0.445. The van der Waals surface area contributed by atoms with E-state index in [1.54, 1.807) is 0 Å². The van der Waals surface area contributed by atoms with Crippen molar-refractivity contribution in [2.45, 2.75) is 0 Å². The molecule has 8 nitrogen and oxygen atoms in total. The molecule has 96 valence electrons. The Kier molecular flexibility index (Phi) is 5.69. The van der Waals surface area contributed by atoms with Crippen molar-refractivity contribution in [1.29, 1.82) is 0 Å². The molecule has 19 heavy (non-hydrogen) atoms. The largest absolute Gasteiger partial charge is 1.00 e. The van der Waals surface area contributed by atoms with E-state index in [4.69, 9.17) is 20.4 Å². The Labute approximate surface area is 129 Å². The molecule has 1 rings (SSSR count). The first-order valence-electron chi connectivity index (χ1n) is 4.37. The number of carboxylic acids is 4. The van der Waals surface area contributed by atoms with Crippen LogP contribution in [0.3, 0.4) is 0 Å². The van der Waals surface area contributed by atoms with Crippen molar-refractivity contribution in [2.75, 3.05) is 0 Å². The average molecular weight is 278 g/mol. The number of hydrogen-bond donors (Lipinski definition) is 4. The van der Waals surface area contributed by atoms with E-state index in [1.807, 2.05) is 0 Å². The predicted molar refractivity (Wildman–Crippen MR) is 55.4 cm³/mol. The van der Waals surface area contributed by atoms with Gasteiger partial charge in [0.05, 0.1) is 22.3 Å². The summed E-state index contributed by atoms with van der Waals surface area (Å²) in [6, 6.07) is 1.48. The minimum absolute atomic E-state index is 0. The number of carbonyl (C=O) groups is 4. The van der Waals surface area contributed by atoms with Crippen LogP contribution in [0.5, 0.6) is 0 Å². The van der Waals surface area contributed by atoms with Gasteiger partial charge in [0.2, 0.25) is 0 Å². The van der Waals surface area contributed by atoms with Crippen molar-refractivity contribution in [1.82, 2.24) is 0 Å². The molecule has 0 radical (unpaired) electrons. The van der Waals surface area contributed by atoms with E-state index in [0.29, 0.717) is 0 Å². The second-order valence-corrected chi connectivity index (χ2v) is 3.13. The maximum absolute atomic E-state index is 10.9. The molecule has 0 unspecified atom stereocenters. The molecular weight excluding hydrogens is 271 g/mol. The first kappa shape index (κ1) is 17.1. The minimum Gasteiger partial charge on any atom is -1.00 e. The number of hydrogen-bond acceptors (Lipinski definition) is 4. The van der Waals surface area contributed by atoms with Crippen molar-refractivity contribution >= 4 is 23.9 Å². The van der Waals surface area contributed by atoms with E-state index < -0.39 is 46.1 Å². The summed E-state index contributed by atoms with van der Waals surface area (Å²) in [6.45, 7) is 0. The summed E-state index contributed by atoms with van der Waals surface area (Å²) in [7, 11) is 0. The van der Waals surface area contributed by atoms with Crippen LogP contribution in [0.15, 0.2) is 12.1 Å². The van der Waals surface area contributed by atoms with Gasteiger partial charge < -0.3 is 21.9 Å². The Balaban J connectivity index is 0. The van der Waals surface area contributed by atoms with Crippen LogP contribution in [0.25, 0.3) is 0 Å². The Morgan fingerprint density at radius 1 is 0.684 bits per heavy atom. The van der Waals surface area contributed by atoms with Crippen LogP contribution in [0.4, 0.5) is 0 Å². The number of carboxylic acid groups (broad SMARTS) is 4. The zero-order valence-electron chi connectivity index (χ0n) is 10.6. The fourth-order valence-corrected chi connectivity index (χ4v) is 1.40. The van der Waals surface area contributed by atoms with Crippen molar-refractivity contribution in [3.8, 4) is 0 Å². The van der Waals surface area contributed by atoms with Crippen molar-refractivity contribution < 1.29 is 70.6 Å². The van der Waals surface area contributed by atoms with Gasteiger partial charge in [0, 0.05) is 0 Å². The van der Waals surface area contributed by atoms with Gasteiger partial charge in [0.25, 0.3) is 0 Å². The van der Waals surface area contributed by atoms with Crippen LogP contribution < -0.4 is 29.6 Å². The summed E-state index contributed by atoms with van der Waals surface area (Å²) in [5, 5.41) is 35.2. The molecule has 0 atom stereocenters. The summed E-state index contributed by atoms with van der Waals surface area (Å²) in [5.41, 5.74) is -3.69. The number of rotatable bonds is 4. The van der Waals surface area contributed by atoms with Gasteiger partial charge in [0.15, 0.2) is 0 Å². The fraction of sp³-hybridized carbons (Fsp3) is 0. The second kappa shape index (κ2) is 6.32. The molecular formula is C10H7NaO8. The first-order chi connectivity index (χ1) is 8.27. The molecule has 0 spiro atoms. The van der Waals surface area contributed by atoms with E-state index >= 15 is 0 Å². The molecule has 0 aliphatic rings. The average Bonchev–Trinajstić information content (AvgIpc) is 2.26. The summed E-state index contributed by atoms with van der Waals surface area (Å²) in [5.74, 6) is -6.97. The predicted octanol–water partition coefficient (Wildman–Crippen LogP) is -2.40. The Morgan fingerprint density at radius 3 is 1.11 bits per heavy atom. The molecule has 0 saturated carbocycles. The topological polar surface area (TPSA) is 149 Å². The normalized spacial score (nSPS) is 9.26. The third kappa shape index (κ3) is 3.31. The standard InChI is InChI=1S/C10H6O8.Na.H/c11-7(12)3-1-2-4(8(13)14)6(10(17)18)5(3)9(15)16;;/h1-2H,(H,11,12)(H,13,14)(H,15,16)(H,17,18);;/q;+1;-1. The Hall–Kier alpha value is -1.90. The van der Waals surface area contributed by atoms with E-state index in [-0.39, 0.29) is 31.0 Å². The molecule has 0 heterocycles. The molecule has 0 bridgehead atoms. The number of benzene rings is 1. The van der Waals surface area contributed by atoms with Gasteiger partial charge in [-0.3, -0.25) is 0 Å². The van der Waals surface area contributed by atoms with Gasteiger partial charge in [-0.05, 0) is 12.1 Å². The maximum atomic E-state index is 10.9. The zero-order valence-corrected chi connectivity index (χ0v) is 11.6. The van der Waals surface area contributed by atoms with Crippen molar-refractivity contribution in [3.05, 3.63) is 34.4 Å². The van der Waals surface area contributed by atoms with Crippen LogP contribution in [0.2, 0.25) is 0 Å². The first-order valence-corrected chi connectivity index (χ1v) is 4.37. The molecule has 0 aliphatic carbocycles. The van der Waals surface area contributed by atoms with Crippen molar-refractivity contribution in [3.63, 3.8) is 0 Å². The summed E-state index contributed by atoms with van der Waals surface area (Å²) < 4.78 is 0. The molecule has 0 aromatic heterocycles. The smallest absolute Gasteiger partial charge is 1.00 e. The Morgan fingerprint density at radius 2 is 0.947 bits per heavy atom. The van der Waals surface area contributed by atoms with Gasteiger partial charge in [-0.15, -0.1) is 0 Å². The molecule has 0 aliphatic heterocycles. The second-order valence-electron chi connectivity index (χ2n) is 3.13. The van der Waals surface area contributed by atoms with E-state index in [1.165, 1.54) is 0 Å². The van der Waals surface area contributed by atoms with Crippen LogP contribution in [0.1, 0.15) is 42.9 Å². The maximum Gasteiger partial charge on any atom is 1.00 e. The molecule has 1 aromatic rings. The van der Waals surface area contributed by atoms with Crippen LogP contribution in [-0.2, 0) is 0 Å². The zero-order chi connectivity index (χ0) is 14.0. The summed E-state index contributed by atoms with van der Waals surface area (Å²) in [4.78, 5) is 43.4. The van der Waals surface area contributed by atoms with Gasteiger partial charge in [-0.25, -0.2) is 19.2 Å². The van der Waals surface area contributed by atoms with Crippen LogP contribution in [-0.4, -0.2) is 44.3 Å². The van der Waals surface area contributed by atoms with E-state index in [2.05, 4.69) is 0 Å². The van der Waals surface area contributed by atoms with Crippen LogP contribution >= 0.6 is 0 Å². The summed E-state index contributed by atoms with van der Waals surface area (Å²) >= 11 is 0.